The molecule has 3 aromatic carbocycles. The second kappa shape index (κ2) is 14.6. The van der Waals surface area contributed by atoms with E-state index in [2.05, 4.69) is 24.8 Å². The maximum atomic E-state index is 13.6. The predicted molar refractivity (Wildman–Crippen MR) is 123 cm³/mol. The third kappa shape index (κ3) is 7.69. The number of benzene rings is 2. The molecule has 0 spiro atoms. The Morgan fingerprint density at radius 3 is 2.33 bits per heavy atom. The molecular formula is C25H24Cl2F2Zr. The molecule has 0 amide bonds. The Bertz CT molecular complexity index is 969. The van der Waals surface area contributed by atoms with Crippen molar-refractivity contribution in [3.63, 3.8) is 0 Å². The van der Waals surface area contributed by atoms with E-state index in [1.807, 2.05) is 42.5 Å². The van der Waals surface area contributed by atoms with Gasteiger partial charge in [-0.2, -0.15) is 12.1 Å². The minimum atomic E-state index is -0.486. The van der Waals surface area contributed by atoms with Crippen LogP contribution in [0.4, 0.5) is 8.78 Å². The maximum absolute atomic E-state index is 13.6. The molecule has 1 aliphatic rings. The fourth-order valence-electron chi connectivity index (χ4n) is 3.14. The molecule has 3 aromatic rings. The molecule has 30 heavy (non-hydrogen) atoms. The molecule has 0 saturated heterocycles. The second-order valence-corrected chi connectivity index (χ2v) is 6.46. The SMILES string of the molecule is C=CCCC1=[C-]CC=C1.Cl.Cl.Fc1cccc(F)c1C[c-]1ccc2ccccc21.[Zr+2]. The van der Waals surface area contributed by atoms with E-state index < -0.39 is 11.6 Å². The Hall–Kier alpha value is -1.41. The minimum absolute atomic E-state index is 0. The van der Waals surface area contributed by atoms with Gasteiger partial charge in [0, 0.05) is 5.56 Å². The van der Waals surface area contributed by atoms with Crippen LogP contribution in [0.2, 0.25) is 0 Å². The van der Waals surface area contributed by atoms with E-state index in [0.29, 0.717) is 0 Å². The minimum Gasteiger partial charge on any atom is -0.269 e. The zero-order chi connectivity index (χ0) is 19.1. The molecule has 4 rings (SSSR count). The number of fused-ring (bicyclic) bond motifs is 1. The van der Waals surface area contributed by atoms with Crippen LogP contribution >= 0.6 is 24.8 Å². The van der Waals surface area contributed by atoms with Crippen LogP contribution in [-0.2, 0) is 32.6 Å². The molecule has 0 unspecified atom stereocenters. The molecule has 0 heterocycles. The van der Waals surface area contributed by atoms with Crippen LogP contribution in [-0.4, -0.2) is 0 Å². The zero-order valence-corrected chi connectivity index (χ0v) is 20.6. The smallest absolute Gasteiger partial charge is 0.269 e. The number of rotatable bonds is 5. The van der Waals surface area contributed by atoms with Crippen LogP contribution in [0.1, 0.15) is 30.4 Å². The van der Waals surface area contributed by atoms with Crippen LogP contribution in [0.3, 0.4) is 0 Å². The van der Waals surface area contributed by atoms with Gasteiger partial charge >= 0.3 is 26.2 Å². The first-order valence-electron chi connectivity index (χ1n) is 9.12. The van der Waals surface area contributed by atoms with Crippen molar-refractivity contribution in [3.8, 4) is 0 Å². The van der Waals surface area contributed by atoms with E-state index in [-0.39, 0.29) is 63.0 Å². The molecule has 156 valence electrons. The van der Waals surface area contributed by atoms with Gasteiger partial charge < -0.3 is 0 Å². The Morgan fingerprint density at radius 2 is 1.70 bits per heavy atom. The molecule has 0 saturated carbocycles. The van der Waals surface area contributed by atoms with Gasteiger partial charge in [0.15, 0.2) is 0 Å². The van der Waals surface area contributed by atoms with Gasteiger partial charge in [0.1, 0.15) is 11.6 Å². The van der Waals surface area contributed by atoms with Crippen LogP contribution in [0, 0.1) is 17.7 Å². The summed E-state index contributed by atoms with van der Waals surface area (Å²) in [5.74, 6) is -0.972. The van der Waals surface area contributed by atoms with Gasteiger partial charge in [0.05, 0.1) is 0 Å². The first kappa shape index (κ1) is 28.6. The Kier molecular flexibility index (Phi) is 13.9. The maximum Gasteiger partial charge on any atom is 2.00 e. The molecule has 5 heteroatoms. The fraction of sp³-hybridized carbons (Fsp3) is 0.160. The third-order valence-corrected chi connectivity index (χ3v) is 4.58. The van der Waals surface area contributed by atoms with Crippen molar-refractivity contribution < 1.29 is 35.0 Å². The standard InChI is InChI=1S/C16H11F2.C9H11.2ClH.Zr/c17-15-6-3-7-16(18)14(15)10-12-9-8-11-4-1-2-5-13(11)12;1-2-3-6-9-7-4-5-8-9;;;/h1-9H,10H2;2,4,7H,1,3,5-6H2;2*1H;/q2*-1;;;+2. The van der Waals surface area contributed by atoms with Gasteiger partial charge in [-0.3, -0.25) is 6.08 Å². The van der Waals surface area contributed by atoms with Crippen molar-refractivity contribution in [3.05, 3.63) is 114 Å². The van der Waals surface area contributed by atoms with Crippen LogP contribution < -0.4 is 0 Å². The largest absolute Gasteiger partial charge is 2.00 e. The summed E-state index contributed by atoms with van der Waals surface area (Å²) in [6.07, 6.45) is 13.0. The van der Waals surface area contributed by atoms with Crippen LogP contribution in [0.25, 0.3) is 10.8 Å². The first-order valence-corrected chi connectivity index (χ1v) is 9.12. The van der Waals surface area contributed by atoms with Crippen molar-refractivity contribution in [2.75, 3.05) is 0 Å². The summed E-state index contributed by atoms with van der Waals surface area (Å²) < 4.78 is 27.2. The van der Waals surface area contributed by atoms with E-state index in [4.69, 9.17) is 0 Å². The number of allylic oxidation sites excluding steroid dienone is 5. The molecule has 1 aliphatic carbocycles. The average Bonchev–Trinajstić information content (AvgIpc) is 3.34. The van der Waals surface area contributed by atoms with Gasteiger partial charge in [-0.1, -0.05) is 24.6 Å². The van der Waals surface area contributed by atoms with Gasteiger partial charge in [-0.15, -0.1) is 78.4 Å². The van der Waals surface area contributed by atoms with Gasteiger partial charge in [-0.05, 0) is 25.0 Å². The summed E-state index contributed by atoms with van der Waals surface area (Å²) in [6, 6.07) is 15.7. The van der Waals surface area contributed by atoms with E-state index in [1.165, 1.54) is 23.8 Å². The summed E-state index contributed by atoms with van der Waals surface area (Å²) in [5, 5.41) is 2.16. The van der Waals surface area contributed by atoms with Gasteiger partial charge in [-0.25, -0.2) is 20.4 Å². The van der Waals surface area contributed by atoms with E-state index in [0.717, 1.165) is 35.6 Å². The van der Waals surface area contributed by atoms with Crippen LogP contribution in [0.5, 0.6) is 0 Å². The summed E-state index contributed by atoms with van der Waals surface area (Å²) in [6.45, 7) is 3.66. The molecule has 0 N–H and O–H groups in total. The normalized spacial score (nSPS) is 11.3. The Labute approximate surface area is 209 Å². The van der Waals surface area contributed by atoms with E-state index in [1.54, 1.807) is 0 Å². The quantitative estimate of drug-likeness (QED) is 0.235. The average molecular weight is 525 g/mol. The Morgan fingerprint density at radius 1 is 1.00 bits per heavy atom. The summed E-state index contributed by atoms with van der Waals surface area (Å²) in [5.41, 5.74) is 2.43. The predicted octanol–water partition coefficient (Wildman–Crippen LogP) is 7.91. The molecular weight excluding hydrogens is 500 g/mol. The molecule has 0 aromatic heterocycles. The molecule has 0 bridgehead atoms. The van der Waals surface area contributed by atoms with E-state index >= 15 is 0 Å². The summed E-state index contributed by atoms with van der Waals surface area (Å²) in [4.78, 5) is 0. The zero-order valence-electron chi connectivity index (χ0n) is 16.5. The monoisotopic (exact) mass is 522 g/mol. The Balaban J connectivity index is 0.000000608. The van der Waals surface area contributed by atoms with Crippen molar-refractivity contribution in [1.82, 2.24) is 0 Å². The van der Waals surface area contributed by atoms with Crippen molar-refractivity contribution in [2.24, 2.45) is 0 Å². The van der Waals surface area contributed by atoms with Crippen LogP contribution in [0.15, 0.2) is 85.0 Å². The second-order valence-electron chi connectivity index (χ2n) is 6.46. The third-order valence-electron chi connectivity index (χ3n) is 4.58. The molecule has 0 aliphatic heterocycles. The van der Waals surface area contributed by atoms with Crippen molar-refractivity contribution in [2.45, 2.75) is 25.7 Å². The number of hydrogen-bond donors (Lipinski definition) is 0. The summed E-state index contributed by atoms with van der Waals surface area (Å²) in [7, 11) is 0. The fourth-order valence-corrected chi connectivity index (χ4v) is 3.14. The molecule has 0 radical (unpaired) electrons. The first-order chi connectivity index (χ1) is 13.2. The summed E-state index contributed by atoms with van der Waals surface area (Å²) >= 11 is 0. The molecule has 0 nitrogen and oxygen atoms in total. The molecule has 0 fully saturated rings. The topological polar surface area (TPSA) is 0 Å². The number of hydrogen-bond acceptors (Lipinski definition) is 0. The van der Waals surface area contributed by atoms with Gasteiger partial charge in [0.2, 0.25) is 0 Å². The van der Waals surface area contributed by atoms with Gasteiger partial charge in [0.25, 0.3) is 0 Å². The van der Waals surface area contributed by atoms with Crippen molar-refractivity contribution in [1.29, 1.82) is 0 Å². The van der Waals surface area contributed by atoms with Crippen molar-refractivity contribution >= 4 is 35.6 Å². The van der Waals surface area contributed by atoms with E-state index in [9.17, 15) is 8.78 Å². The molecule has 0 atom stereocenters. The number of halogens is 4.